The molecule has 0 aliphatic heterocycles. The van der Waals surface area contributed by atoms with E-state index in [0.717, 1.165) is 22.9 Å². The van der Waals surface area contributed by atoms with E-state index in [1.807, 2.05) is 48.5 Å². The third kappa shape index (κ3) is 9.25. The van der Waals surface area contributed by atoms with Crippen LogP contribution >= 0.6 is 0 Å². The molecule has 1 radical (unpaired) electrons. The van der Waals surface area contributed by atoms with Crippen LogP contribution in [-0.2, 0) is 27.5 Å². The maximum absolute atomic E-state index is 12.4. The second kappa shape index (κ2) is 18.0. The Morgan fingerprint density at radius 3 is 1.66 bits per heavy atom. The molecule has 0 saturated carbocycles. The first kappa shape index (κ1) is 42.8. The van der Waals surface area contributed by atoms with Gasteiger partial charge in [-0.25, -0.2) is 8.42 Å². The van der Waals surface area contributed by atoms with Crippen LogP contribution in [0.15, 0.2) is 171 Å². The van der Waals surface area contributed by atoms with Crippen molar-refractivity contribution in [2.45, 2.75) is 4.90 Å². The molecule has 8 rings (SSSR count). The predicted molar refractivity (Wildman–Crippen MR) is 215 cm³/mol. The average Bonchev–Trinajstić information content (AvgIpc) is 3.23. The van der Waals surface area contributed by atoms with Crippen molar-refractivity contribution in [1.29, 1.82) is 0 Å². The molecule has 8 aromatic rings. The molecule has 0 aliphatic carbocycles. The first-order chi connectivity index (χ1) is 28.8. The molecule has 61 heavy (non-hydrogen) atoms. The number of rotatable bonds is 9. The molecule has 0 spiro atoms. The summed E-state index contributed by atoms with van der Waals surface area (Å²) in [6, 6.07) is 38.3. The number of fused-ring (bicyclic) bond motifs is 3. The number of azo groups is 2. The van der Waals surface area contributed by atoms with Crippen molar-refractivity contribution in [3.8, 4) is 17.2 Å². The Kier molecular flexibility index (Phi) is 12.6. The Morgan fingerprint density at radius 2 is 1.05 bits per heavy atom. The van der Waals surface area contributed by atoms with Crippen molar-refractivity contribution in [3.63, 3.8) is 0 Å². The minimum atomic E-state index is -4.84. The van der Waals surface area contributed by atoms with Gasteiger partial charge in [0.2, 0.25) is 0 Å². The first-order valence-electron chi connectivity index (χ1n) is 17.4. The van der Waals surface area contributed by atoms with E-state index in [1.165, 1.54) is 18.2 Å². The van der Waals surface area contributed by atoms with Crippen molar-refractivity contribution in [2.24, 2.45) is 20.5 Å². The van der Waals surface area contributed by atoms with Crippen molar-refractivity contribution in [1.82, 2.24) is 0 Å². The molecule has 0 heterocycles. The summed E-state index contributed by atoms with van der Waals surface area (Å²) in [4.78, 5) is 19.9. The van der Waals surface area contributed by atoms with Crippen LogP contribution in [0.25, 0.3) is 37.6 Å². The summed E-state index contributed by atoms with van der Waals surface area (Å²) < 4.78 is 34.5. The van der Waals surface area contributed by atoms with Crippen molar-refractivity contribution in [3.05, 3.63) is 171 Å². The molecule has 0 aliphatic rings. The van der Waals surface area contributed by atoms with Gasteiger partial charge in [0.05, 0.1) is 43.6 Å². The van der Waals surface area contributed by atoms with E-state index in [4.69, 9.17) is 0 Å². The third-order valence-corrected chi connectivity index (χ3v) is 9.79. The summed E-state index contributed by atoms with van der Waals surface area (Å²) in [7, 11) is -4.84. The van der Waals surface area contributed by atoms with Crippen molar-refractivity contribution >= 4 is 87.9 Å². The Hall–Kier alpha value is -7.82. The van der Waals surface area contributed by atoms with Crippen LogP contribution in [0, 0.1) is 20.2 Å². The van der Waals surface area contributed by atoms with Gasteiger partial charge in [0.15, 0.2) is 0 Å². The fourth-order valence-electron chi connectivity index (χ4n) is 6.13. The second-order valence-corrected chi connectivity index (χ2v) is 14.0. The fraction of sp³-hybridized carbons (Fsp3) is 0. The van der Waals surface area contributed by atoms with E-state index in [1.54, 1.807) is 60.7 Å². The van der Waals surface area contributed by atoms with Gasteiger partial charge in [-0.3, -0.25) is 20.2 Å². The Labute approximate surface area is 355 Å². The smallest absolute Gasteiger partial charge is 0.871 e. The van der Waals surface area contributed by atoms with Crippen molar-refractivity contribution in [2.75, 3.05) is 0 Å². The molecular weight excluding hydrogens is 847 g/mol. The number of nitro benzene ring substituents is 2. The van der Waals surface area contributed by atoms with E-state index in [2.05, 4.69) is 25.8 Å². The minimum absolute atomic E-state index is 0. The maximum Gasteiger partial charge on any atom is 3.00 e. The summed E-state index contributed by atoms with van der Waals surface area (Å²) in [5, 5.41) is 83.0. The molecule has 0 saturated heterocycles. The van der Waals surface area contributed by atoms with Gasteiger partial charge < -0.3 is 25.2 Å². The summed E-state index contributed by atoms with van der Waals surface area (Å²) in [6.07, 6.45) is 0. The van der Waals surface area contributed by atoms with Gasteiger partial charge in [0.25, 0.3) is 11.4 Å². The Bertz CT molecular complexity index is 3170. The molecular formula is C42H24CrN7O10S-2. The molecule has 301 valence electrons. The molecule has 0 atom stereocenters. The maximum atomic E-state index is 12.4. The molecule has 0 N–H and O–H groups in total. The van der Waals surface area contributed by atoms with E-state index in [-0.39, 0.29) is 45.3 Å². The fourth-order valence-corrected chi connectivity index (χ4v) is 6.83. The van der Waals surface area contributed by atoms with Gasteiger partial charge in [-0.05, 0) is 16.8 Å². The number of para-hydroxylation sites is 1. The van der Waals surface area contributed by atoms with E-state index in [9.17, 15) is 48.5 Å². The minimum Gasteiger partial charge on any atom is -0.871 e. The summed E-state index contributed by atoms with van der Waals surface area (Å²) in [6.45, 7) is 0. The number of nitro groups is 2. The van der Waals surface area contributed by atoms with Crippen molar-refractivity contribution < 1.29 is 55.5 Å². The topological polar surface area (TPSA) is 276 Å². The number of hydrogen-bond donors (Lipinski definition) is 0. The second-order valence-electron chi connectivity index (χ2n) is 12.7. The normalized spacial score (nSPS) is 11.4. The molecule has 0 bridgehead atoms. The monoisotopic (exact) mass is 870 g/mol. The zero-order valence-corrected chi connectivity index (χ0v) is 33.0. The third-order valence-electron chi connectivity index (χ3n) is 8.91. The number of hydrogen-bond acceptors (Lipinski definition) is 14. The zero-order chi connectivity index (χ0) is 42.6. The molecule has 0 fully saturated rings. The predicted octanol–water partition coefficient (Wildman–Crippen LogP) is 9.94. The Balaban J connectivity index is 0.000000202. The molecule has 19 heteroatoms. The van der Waals surface area contributed by atoms with E-state index < -0.39 is 53.4 Å². The molecule has 17 nitrogen and oxygen atoms in total. The molecule has 0 unspecified atom stereocenters. The van der Waals surface area contributed by atoms with Gasteiger partial charge in [0.1, 0.15) is 10.1 Å². The first-order valence-corrected chi connectivity index (χ1v) is 18.8. The van der Waals surface area contributed by atoms with Gasteiger partial charge in [-0.1, -0.05) is 139 Å². The van der Waals surface area contributed by atoms with Crippen LogP contribution in [0.1, 0.15) is 0 Å². The zero-order valence-electron chi connectivity index (χ0n) is 30.9. The van der Waals surface area contributed by atoms with E-state index in [0.29, 0.717) is 33.9 Å². The van der Waals surface area contributed by atoms with Crippen LogP contribution in [0.2, 0.25) is 0 Å². The number of non-ortho nitro benzene ring substituents is 1. The quantitative estimate of drug-likeness (QED) is 0.0572. The molecule has 8 aromatic carbocycles. The number of benzene rings is 8. The van der Waals surface area contributed by atoms with E-state index >= 15 is 0 Å². The van der Waals surface area contributed by atoms with Crippen LogP contribution in [0.3, 0.4) is 0 Å². The SMILES string of the molecule is O=S(=O)([O-])c1cc([O-])c(N=Nc2c([O-])ccc3ccccc23)c2ccccc12.O=[N+]([O-])c1cc(N=Nc2c([N-]c3ccccc3)ccc3ccccc23)c([O-])c([N+](=O)[O-])c1.[Cr+3]. The van der Waals surface area contributed by atoms with Crippen LogP contribution < -0.4 is 15.3 Å². The number of nitrogens with zero attached hydrogens (tertiary/aromatic N) is 7. The molecule has 0 amide bonds. The van der Waals surface area contributed by atoms with Gasteiger partial charge >= 0.3 is 17.4 Å². The Morgan fingerprint density at radius 1 is 0.525 bits per heavy atom. The average molecular weight is 871 g/mol. The van der Waals surface area contributed by atoms with Crippen LogP contribution in [0.5, 0.6) is 17.2 Å². The summed E-state index contributed by atoms with van der Waals surface area (Å²) in [5.74, 6) is -2.20. The summed E-state index contributed by atoms with van der Waals surface area (Å²) in [5.41, 5.74) is -0.721. The van der Waals surface area contributed by atoms with Gasteiger partial charge in [0, 0.05) is 33.4 Å². The van der Waals surface area contributed by atoms with Gasteiger partial charge in [-0.2, -0.15) is 20.5 Å². The largest absolute Gasteiger partial charge is 3.00 e. The summed E-state index contributed by atoms with van der Waals surface area (Å²) >= 11 is 0. The standard InChI is InChI=1S/C22H14N5O5.C20H14N2O5S.Cr/c28-22-19(12-16(26(29)30)13-20(22)27(31)32)24-25-21-17-9-5-4-6-14(17)10-11-18(21)23-15-7-2-1-3-8-15;23-16-10-9-12-5-1-2-6-13(12)19(16)21-22-20-15-8-4-3-7-14(15)18(11-17(20)24)28(25,26)27;/h1-13H,(H-,23,24,25,28);1-11,23-24H,(H,25,26,27);/q-1;;+3/p-4. The van der Waals surface area contributed by atoms with Gasteiger partial charge in [-0.15, -0.1) is 11.4 Å². The van der Waals surface area contributed by atoms with Crippen LogP contribution in [-0.4, -0.2) is 22.8 Å². The van der Waals surface area contributed by atoms with Crippen LogP contribution in [0.4, 0.5) is 45.5 Å². The molecule has 0 aromatic heterocycles.